The Labute approximate surface area is 166 Å². The number of nitrogens with zero attached hydrogens (tertiary/aromatic N) is 2. The highest BCUT2D eigenvalue weighted by atomic mass is 35.5. The van der Waals surface area contributed by atoms with Crippen molar-refractivity contribution in [2.45, 2.75) is 19.2 Å². The van der Waals surface area contributed by atoms with Crippen molar-refractivity contribution < 1.29 is 23.1 Å². The van der Waals surface area contributed by atoms with Gasteiger partial charge in [-0.15, -0.1) is 0 Å². The molecule has 0 aliphatic carbocycles. The van der Waals surface area contributed by atoms with Crippen LogP contribution in [0.4, 0.5) is 18.9 Å². The van der Waals surface area contributed by atoms with Gasteiger partial charge in [0, 0.05) is 36.9 Å². The molecule has 0 atom stereocenters. The lowest BCUT2D eigenvalue weighted by molar-refractivity contribution is -0.137. The van der Waals surface area contributed by atoms with Crippen LogP contribution in [0, 0.1) is 0 Å². The van der Waals surface area contributed by atoms with E-state index in [1.165, 1.54) is 12.1 Å². The predicted molar refractivity (Wildman–Crippen MR) is 101 cm³/mol. The molecule has 0 saturated carbocycles. The Hall–Kier alpha value is -2.25. The van der Waals surface area contributed by atoms with Gasteiger partial charge in [-0.1, -0.05) is 29.8 Å². The van der Waals surface area contributed by atoms with Crippen LogP contribution in [0.2, 0.25) is 5.02 Å². The zero-order chi connectivity index (χ0) is 20.3. The van der Waals surface area contributed by atoms with E-state index < -0.39 is 11.7 Å². The lowest BCUT2D eigenvalue weighted by Gasteiger charge is -2.37. The van der Waals surface area contributed by atoms with Crippen LogP contribution in [0.25, 0.3) is 0 Å². The molecule has 0 radical (unpaired) electrons. The number of halogens is 4. The topological polar surface area (TPSA) is 43.8 Å². The molecule has 4 nitrogen and oxygen atoms in total. The lowest BCUT2D eigenvalue weighted by atomic mass is 10.0. The molecular formula is C20H20ClF3N2O2. The summed E-state index contributed by atoms with van der Waals surface area (Å²) in [5.74, 6) is -0.138. The summed E-state index contributed by atoms with van der Waals surface area (Å²) in [7, 11) is 0. The van der Waals surface area contributed by atoms with Gasteiger partial charge in [0.25, 0.3) is 0 Å². The molecule has 1 heterocycles. The fraction of sp³-hybridized carbons (Fsp3) is 0.350. The number of hydrogen-bond acceptors (Lipinski definition) is 3. The van der Waals surface area contributed by atoms with Crippen LogP contribution in [0.3, 0.4) is 0 Å². The lowest BCUT2D eigenvalue weighted by Crippen LogP contribution is -2.49. The average molecular weight is 413 g/mol. The highest BCUT2D eigenvalue weighted by molar-refractivity contribution is 6.30. The van der Waals surface area contributed by atoms with Gasteiger partial charge in [0.15, 0.2) is 0 Å². The first-order chi connectivity index (χ1) is 13.3. The molecule has 1 aliphatic rings. The molecule has 8 heteroatoms. The van der Waals surface area contributed by atoms with Crippen molar-refractivity contribution in [2.75, 3.05) is 31.1 Å². The largest absolute Gasteiger partial charge is 0.418 e. The Morgan fingerprint density at radius 2 is 1.71 bits per heavy atom. The number of carbonyl (C=O) groups is 1. The molecule has 28 heavy (non-hydrogen) atoms. The van der Waals surface area contributed by atoms with Crippen LogP contribution in [-0.4, -0.2) is 42.1 Å². The molecule has 150 valence electrons. The molecule has 2 aromatic rings. The zero-order valence-electron chi connectivity index (χ0n) is 15.0. The first kappa shape index (κ1) is 20.5. The molecule has 1 saturated heterocycles. The number of carbonyl (C=O) groups excluding carboxylic acids is 1. The monoisotopic (exact) mass is 412 g/mol. The van der Waals surface area contributed by atoms with Crippen LogP contribution in [-0.2, 0) is 24.0 Å². The number of aliphatic hydroxyl groups excluding tert-OH is 1. The Morgan fingerprint density at radius 3 is 2.36 bits per heavy atom. The minimum Gasteiger partial charge on any atom is -0.392 e. The van der Waals surface area contributed by atoms with Crippen molar-refractivity contribution in [3.63, 3.8) is 0 Å². The summed E-state index contributed by atoms with van der Waals surface area (Å²) < 4.78 is 39.7. The minimum absolute atomic E-state index is 0.0928. The maximum atomic E-state index is 13.2. The minimum atomic E-state index is -4.42. The van der Waals surface area contributed by atoms with Crippen LogP contribution in [0.15, 0.2) is 42.5 Å². The number of alkyl halides is 3. The number of amides is 1. The van der Waals surface area contributed by atoms with E-state index in [1.54, 1.807) is 34.1 Å². The van der Waals surface area contributed by atoms with Crippen LogP contribution >= 0.6 is 11.6 Å². The molecule has 3 rings (SSSR count). The van der Waals surface area contributed by atoms with E-state index in [0.29, 0.717) is 42.3 Å². The molecule has 0 aromatic heterocycles. The quantitative estimate of drug-likeness (QED) is 0.832. The smallest absolute Gasteiger partial charge is 0.392 e. The second kappa shape index (κ2) is 8.41. The number of piperazine rings is 1. The third-order valence-electron chi connectivity index (χ3n) is 4.86. The van der Waals surface area contributed by atoms with Crippen molar-refractivity contribution in [2.24, 2.45) is 0 Å². The first-order valence-corrected chi connectivity index (χ1v) is 9.24. The standard InChI is InChI=1S/C20H20ClF3N2O2/c21-16-6-5-14(13-27)15(11-16)12-19(28)26-9-7-25(8-10-26)18-4-2-1-3-17(18)20(22,23)24/h1-6,11,27H,7-10,12-13H2. The van der Waals surface area contributed by atoms with E-state index in [1.807, 2.05) is 0 Å². The summed E-state index contributed by atoms with van der Waals surface area (Å²) in [5, 5.41) is 9.90. The van der Waals surface area contributed by atoms with E-state index in [4.69, 9.17) is 11.6 Å². The van der Waals surface area contributed by atoms with Crippen molar-refractivity contribution in [1.82, 2.24) is 4.90 Å². The van der Waals surface area contributed by atoms with E-state index in [-0.39, 0.29) is 24.6 Å². The summed E-state index contributed by atoms with van der Waals surface area (Å²) in [6.45, 7) is 1.12. The van der Waals surface area contributed by atoms with Crippen molar-refractivity contribution in [1.29, 1.82) is 0 Å². The van der Waals surface area contributed by atoms with Gasteiger partial charge in [-0.2, -0.15) is 13.2 Å². The zero-order valence-corrected chi connectivity index (χ0v) is 15.8. The molecule has 0 bridgehead atoms. The molecule has 1 N–H and O–H groups in total. The molecular weight excluding hydrogens is 393 g/mol. The number of benzene rings is 2. The number of para-hydroxylation sites is 1. The Kier molecular flexibility index (Phi) is 6.15. The van der Waals surface area contributed by atoms with Gasteiger partial charge in [0.1, 0.15) is 0 Å². The third-order valence-corrected chi connectivity index (χ3v) is 5.10. The van der Waals surface area contributed by atoms with Crippen LogP contribution in [0.1, 0.15) is 16.7 Å². The third kappa shape index (κ3) is 4.59. The Bertz CT molecular complexity index is 850. The summed E-state index contributed by atoms with van der Waals surface area (Å²) in [4.78, 5) is 15.9. The van der Waals surface area contributed by atoms with Crippen molar-refractivity contribution in [3.8, 4) is 0 Å². The van der Waals surface area contributed by atoms with Gasteiger partial charge in [-0.3, -0.25) is 4.79 Å². The Balaban J connectivity index is 1.66. The summed E-state index contributed by atoms with van der Waals surface area (Å²) in [5.41, 5.74) is 0.765. The van der Waals surface area contributed by atoms with E-state index >= 15 is 0 Å². The highest BCUT2D eigenvalue weighted by Crippen LogP contribution is 2.36. The number of aliphatic hydroxyl groups is 1. The SMILES string of the molecule is O=C(Cc1cc(Cl)ccc1CO)N1CCN(c2ccccc2C(F)(F)F)CC1. The fourth-order valence-electron chi connectivity index (χ4n) is 3.37. The fourth-order valence-corrected chi connectivity index (χ4v) is 3.57. The molecule has 2 aromatic carbocycles. The van der Waals surface area contributed by atoms with Gasteiger partial charge >= 0.3 is 6.18 Å². The summed E-state index contributed by atoms with van der Waals surface area (Å²) in [6, 6.07) is 10.5. The molecule has 1 amide bonds. The van der Waals surface area contributed by atoms with E-state index in [9.17, 15) is 23.1 Å². The normalized spacial score (nSPS) is 15.0. The predicted octanol–water partition coefficient (Wildman–Crippen LogP) is 3.74. The maximum absolute atomic E-state index is 13.2. The maximum Gasteiger partial charge on any atom is 0.418 e. The highest BCUT2D eigenvalue weighted by Gasteiger charge is 2.35. The molecule has 0 unspecified atom stereocenters. The van der Waals surface area contributed by atoms with Gasteiger partial charge in [0.2, 0.25) is 5.91 Å². The molecule has 1 fully saturated rings. The number of anilines is 1. The second-order valence-corrected chi connectivity index (χ2v) is 7.07. The van der Waals surface area contributed by atoms with Gasteiger partial charge in [0.05, 0.1) is 18.6 Å². The van der Waals surface area contributed by atoms with Crippen LogP contribution in [0.5, 0.6) is 0 Å². The van der Waals surface area contributed by atoms with Crippen molar-refractivity contribution >= 4 is 23.2 Å². The van der Waals surface area contributed by atoms with Gasteiger partial charge < -0.3 is 14.9 Å². The Morgan fingerprint density at radius 1 is 1.04 bits per heavy atom. The van der Waals surface area contributed by atoms with Gasteiger partial charge in [-0.25, -0.2) is 0 Å². The van der Waals surface area contributed by atoms with Crippen LogP contribution < -0.4 is 4.90 Å². The summed E-state index contributed by atoms with van der Waals surface area (Å²) in [6.07, 6.45) is -4.33. The first-order valence-electron chi connectivity index (χ1n) is 8.86. The number of rotatable bonds is 4. The van der Waals surface area contributed by atoms with Gasteiger partial charge in [-0.05, 0) is 35.4 Å². The van der Waals surface area contributed by atoms with Crippen molar-refractivity contribution in [3.05, 3.63) is 64.2 Å². The molecule has 0 spiro atoms. The summed E-state index contributed by atoms with van der Waals surface area (Å²) >= 11 is 5.98. The van der Waals surface area contributed by atoms with E-state index in [0.717, 1.165) is 6.07 Å². The average Bonchev–Trinajstić information content (AvgIpc) is 2.67. The van der Waals surface area contributed by atoms with E-state index in [2.05, 4.69) is 0 Å². The number of hydrogen-bond donors (Lipinski definition) is 1. The second-order valence-electron chi connectivity index (χ2n) is 6.63. The molecule has 1 aliphatic heterocycles.